The van der Waals surface area contributed by atoms with Gasteiger partial charge in [-0.1, -0.05) is 113 Å². The molecule has 0 spiro atoms. The van der Waals surface area contributed by atoms with Crippen LogP contribution in [0.5, 0.6) is 0 Å². The van der Waals surface area contributed by atoms with Crippen molar-refractivity contribution in [2.24, 2.45) is 0 Å². The molecule has 0 fully saturated rings. The third kappa shape index (κ3) is 4.99. The first-order valence-electron chi connectivity index (χ1n) is 9.66. The van der Waals surface area contributed by atoms with E-state index in [1.165, 1.54) is 27.5 Å². The second kappa shape index (κ2) is 9.39. The molecule has 0 radical (unpaired) electrons. The quantitative estimate of drug-likeness (QED) is 0.574. The van der Waals surface area contributed by atoms with E-state index >= 15 is 0 Å². The number of hydrogen-bond donors (Lipinski definition) is 0. The van der Waals surface area contributed by atoms with Gasteiger partial charge in [0.25, 0.3) is 0 Å². The van der Waals surface area contributed by atoms with E-state index in [2.05, 4.69) is 117 Å². The average Bonchev–Trinajstić information content (AvgIpc) is 2.72. The third-order valence-corrected chi connectivity index (χ3v) is 5.03. The lowest BCUT2D eigenvalue weighted by Gasteiger charge is -2.23. The van der Waals surface area contributed by atoms with Gasteiger partial charge in [0.15, 0.2) is 0 Å². The van der Waals surface area contributed by atoms with E-state index in [4.69, 9.17) is 0 Å². The Hall–Kier alpha value is -2.58. The molecule has 3 rings (SSSR count). The van der Waals surface area contributed by atoms with Gasteiger partial charge in [0.05, 0.1) is 0 Å². The zero-order valence-corrected chi connectivity index (χ0v) is 16.6. The van der Waals surface area contributed by atoms with Gasteiger partial charge < -0.3 is 4.90 Å². The van der Waals surface area contributed by atoms with Gasteiger partial charge in [0.2, 0.25) is 6.71 Å². The zero-order chi connectivity index (χ0) is 19.1. The van der Waals surface area contributed by atoms with E-state index in [1.807, 2.05) is 0 Å². The minimum atomic E-state index is 0.233. The molecule has 0 N–H and O–H groups in total. The monoisotopic (exact) mass is 353 g/mol. The van der Waals surface area contributed by atoms with Crippen LogP contribution >= 0.6 is 0 Å². The van der Waals surface area contributed by atoms with E-state index in [9.17, 15) is 0 Å². The fraction of sp³-hybridized carbons (Fsp3) is 0.200. The summed E-state index contributed by atoms with van der Waals surface area (Å²) in [6, 6.07) is 32.6. The van der Waals surface area contributed by atoms with Crippen LogP contribution in [0.3, 0.4) is 0 Å². The van der Waals surface area contributed by atoms with Crippen molar-refractivity contribution in [2.75, 3.05) is 20.6 Å². The Morgan fingerprint density at radius 3 is 1.59 bits per heavy atom. The molecule has 136 valence electrons. The first-order valence-corrected chi connectivity index (χ1v) is 9.66. The maximum absolute atomic E-state index is 2.30. The largest absolute Gasteiger partial charge is 0.309 e. The zero-order valence-electron chi connectivity index (χ0n) is 16.6. The summed E-state index contributed by atoms with van der Waals surface area (Å²) in [5.41, 5.74) is 6.87. The summed E-state index contributed by atoms with van der Waals surface area (Å²) in [4.78, 5) is 2.26. The van der Waals surface area contributed by atoms with Crippen LogP contribution in [0.25, 0.3) is 5.47 Å². The van der Waals surface area contributed by atoms with Gasteiger partial charge in [0.1, 0.15) is 0 Å². The van der Waals surface area contributed by atoms with Crippen molar-refractivity contribution in [1.29, 1.82) is 0 Å². The molecule has 1 nitrogen and oxygen atoms in total. The molecule has 2 heteroatoms. The molecule has 0 amide bonds. The summed E-state index contributed by atoms with van der Waals surface area (Å²) in [7, 11) is 4.28. The lowest BCUT2D eigenvalue weighted by atomic mass is 9.34. The maximum atomic E-state index is 2.30. The van der Waals surface area contributed by atoms with Crippen LogP contribution < -0.4 is 10.9 Å². The number of nitrogens with zero attached hydrogens (tertiary/aromatic N) is 1. The van der Waals surface area contributed by atoms with Crippen LogP contribution in [0.4, 0.5) is 0 Å². The van der Waals surface area contributed by atoms with Crippen molar-refractivity contribution in [1.82, 2.24) is 4.90 Å². The van der Waals surface area contributed by atoms with Crippen LogP contribution in [-0.2, 0) is 0 Å². The first kappa shape index (κ1) is 19.2. The fourth-order valence-electron chi connectivity index (χ4n) is 3.62. The summed E-state index contributed by atoms with van der Waals surface area (Å²) in [5.74, 6) is 0. The molecule has 0 bridgehead atoms. The Morgan fingerprint density at radius 2 is 1.15 bits per heavy atom. The van der Waals surface area contributed by atoms with Gasteiger partial charge in [-0.2, -0.15) is 0 Å². The lowest BCUT2D eigenvalue weighted by Crippen LogP contribution is -2.44. The molecule has 27 heavy (non-hydrogen) atoms. The standard InChI is InChI=1S/C25H28BN/c1-21(19-20-27(2)3)25(22-13-7-4-8-14-22)26(23-15-9-5-10-16-23)24-17-11-6-12-18-24/h4-18H,19-20H2,1-3H3/b25-21-. The normalized spacial score (nSPS) is 12.0. The smallest absolute Gasteiger partial charge is 0.241 e. The number of hydrogen-bond acceptors (Lipinski definition) is 1. The van der Waals surface area contributed by atoms with Gasteiger partial charge in [-0.15, -0.1) is 0 Å². The fourth-order valence-corrected chi connectivity index (χ4v) is 3.62. The Morgan fingerprint density at radius 1 is 0.704 bits per heavy atom. The summed E-state index contributed by atoms with van der Waals surface area (Å²) < 4.78 is 0. The summed E-state index contributed by atoms with van der Waals surface area (Å²) in [5, 5.41) is 0. The van der Waals surface area contributed by atoms with Gasteiger partial charge in [0, 0.05) is 6.54 Å². The van der Waals surface area contributed by atoms with Crippen molar-refractivity contribution in [3.8, 4) is 0 Å². The topological polar surface area (TPSA) is 3.24 Å². The molecule has 0 saturated carbocycles. The van der Waals surface area contributed by atoms with Crippen molar-refractivity contribution < 1.29 is 0 Å². The first-order chi connectivity index (χ1) is 13.2. The predicted molar refractivity (Wildman–Crippen MR) is 120 cm³/mol. The predicted octanol–water partition coefficient (Wildman–Crippen LogP) is 4.26. The highest BCUT2D eigenvalue weighted by molar-refractivity contribution is 6.99. The van der Waals surface area contributed by atoms with E-state index in [0.29, 0.717) is 0 Å². The lowest BCUT2D eigenvalue weighted by molar-refractivity contribution is 0.413. The Kier molecular flexibility index (Phi) is 6.67. The molecule has 0 aliphatic heterocycles. The van der Waals surface area contributed by atoms with E-state index in [1.54, 1.807) is 0 Å². The van der Waals surface area contributed by atoms with Crippen molar-refractivity contribution >= 4 is 23.1 Å². The number of benzene rings is 3. The van der Waals surface area contributed by atoms with E-state index in [0.717, 1.165) is 13.0 Å². The highest BCUT2D eigenvalue weighted by Crippen LogP contribution is 2.24. The summed E-state index contributed by atoms with van der Waals surface area (Å²) in [6.45, 7) is 3.58. The molecular formula is C25H28BN. The van der Waals surface area contributed by atoms with Crippen molar-refractivity contribution in [2.45, 2.75) is 13.3 Å². The molecule has 0 unspecified atom stereocenters. The highest BCUT2D eigenvalue weighted by atomic mass is 15.0. The average molecular weight is 353 g/mol. The van der Waals surface area contributed by atoms with E-state index < -0.39 is 0 Å². The minimum absolute atomic E-state index is 0.233. The van der Waals surface area contributed by atoms with Crippen LogP contribution in [-0.4, -0.2) is 32.3 Å². The molecule has 0 heterocycles. The second-order valence-corrected chi connectivity index (χ2v) is 7.37. The summed E-state index contributed by atoms with van der Waals surface area (Å²) >= 11 is 0. The molecule has 0 atom stereocenters. The van der Waals surface area contributed by atoms with Gasteiger partial charge in [-0.05, 0) is 33.0 Å². The van der Waals surface area contributed by atoms with Crippen LogP contribution in [0.15, 0.2) is 96.6 Å². The maximum Gasteiger partial charge on any atom is 0.241 e. The van der Waals surface area contributed by atoms with Crippen LogP contribution in [0, 0.1) is 0 Å². The molecule has 0 aliphatic carbocycles. The Balaban J connectivity index is 2.18. The Bertz CT molecular complexity index is 815. The SMILES string of the molecule is C/C(CCN(C)C)=C(/B(c1ccccc1)c1ccccc1)c1ccccc1. The molecule has 0 aliphatic rings. The molecular weight excluding hydrogens is 325 g/mol. The van der Waals surface area contributed by atoms with Gasteiger partial charge in [-0.3, -0.25) is 0 Å². The molecule has 0 aromatic heterocycles. The third-order valence-electron chi connectivity index (χ3n) is 5.03. The molecule has 3 aromatic rings. The van der Waals surface area contributed by atoms with E-state index in [-0.39, 0.29) is 6.71 Å². The second-order valence-electron chi connectivity index (χ2n) is 7.37. The molecule has 0 saturated heterocycles. The minimum Gasteiger partial charge on any atom is -0.309 e. The van der Waals surface area contributed by atoms with Gasteiger partial charge in [-0.25, -0.2) is 0 Å². The van der Waals surface area contributed by atoms with Gasteiger partial charge >= 0.3 is 0 Å². The Labute approximate surface area is 164 Å². The number of rotatable bonds is 7. The van der Waals surface area contributed by atoms with Crippen molar-refractivity contribution in [3.05, 3.63) is 102 Å². The molecule has 3 aromatic carbocycles. The highest BCUT2D eigenvalue weighted by Gasteiger charge is 2.26. The van der Waals surface area contributed by atoms with Crippen LogP contribution in [0.1, 0.15) is 18.9 Å². The summed E-state index contributed by atoms with van der Waals surface area (Å²) in [6.07, 6.45) is 1.06. The van der Waals surface area contributed by atoms with Crippen LogP contribution in [0.2, 0.25) is 0 Å². The van der Waals surface area contributed by atoms with Crippen molar-refractivity contribution in [3.63, 3.8) is 0 Å².